The van der Waals surface area contributed by atoms with Crippen LogP contribution in [0.2, 0.25) is 0 Å². The number of hydrazine groups is 1. The van der Waals surface area contributed by atoms with Crippen molar-refractivity contribution >= 4 is 12.6 Å². The minimum Gasteiger partial charge on any atom is -0.399 e. The van der Waals surface area contributed by atoms with Gasteiger partial charge >= 0.3 is 13.3 Å². The van der Waals surface area contributed by atoms with Crippen molar-refractivity contribution in [2.75, 3.05) is 7.05 Å². The van der Waals surface area contributed by atoms with E-state index in [1.54, 1.807) is 12.1 Å². The number of hydrogen-bond donors (Lipinski definition) is 2. The molecular weight excluding hydrogens is 362 g/mol. The SMILES string of the molecule is CN1N=NC(N)(C(c2ccccc2B2OC(C)(C)C(C)(C)O2)C(F)(F)F)N1. The maximum Gasteiger partial charge on any atom is 0.495 e. The van der Waals surface area contributed by atoms with Crippen LogP contribution in [0.3, 0.4) is 0 Å². The molecule has 0 spiro atoms. The van der Waals surface area contributed by atoms with E-state index < -0.39 is 36.2 Å². The fourth-order valence-corrected chi connectivity index (χ4v) is 3.19. The molecule has 0 radical (unpaired) electrons. The summed E-state index contributed by atoms with van der Waals surface area (Å²) in [5.74, 6) is -4.33. The average Bonchev–Trinajstić information content (AvgIpc) is 2.94. The number of nitrogens with zero attached hydrogens (tertiary/aromatic N) is 3. The molecule has 0 aromatic heterocycles. The van der Waals surface area contributed by atoms with Crippen molar-refractivity contribution in [1.29, 1.82) is 0 Å². The lowest BCUT2D eigenvalue weighted by Gasteiger charge is -2.33. The van der Waals surface area contributed by atoms with Crippen molar-refractivity contribution in [3.8, 4) is 0 Å². The largest absolute Gasteiger partial charge is 0.495 e. The van der Waals surface area contributed by atoms with Crippen molar-refractivity contribution in [3.05, 3.63) is 29.8 Å². The molecule has 0 saturated carbocycles. The van der Waals surface area contributed by atoms with E-state index in [4.69, 9.17) is 15.0 Å². The van der Waals surface area contributed by atoms with Crippen LogP contribution >= 0.6 is 0 Å². The first-order valence-corrected chi connectivity index (χ1v) is 8.51. The number of benzene rings is 1. The van der Waals surface area contributed by atoms with Gasteiger partial charge in [0.25, 0.3) is 0 Å². The van der Waals surface area contributed by atoms with Crippen LogP contribution in [0.25, 0.3) is 0 Å². The summed E-state index contributed by atoms with van der Waals surface area (Å²) in [5.41, 5.74) is 7.24. The summed E-state index contributed by atoms with van der Waals surface area (Å²) in [4.78, 5) is 0. The lowest BCUT2D eigenvalue weighted by molar-refractivity contribution is -0.169. The first-order valence-electron chi connectivity index (χ1n) is 8.51. The Balaban J connectivity index is 2.08. The molecule has 0 amide bonds. The molecule has 7 nitrogen and oxygen atoms in total. The highest BCUT2D eigenvalue weighted by Gasteiger charge is 2.59. The van der Waals surface area contributed by atoms with Gasteiger partial charge in [0, 0.05) is 7.05 Å². The number of nitrogens with two attached hydrogens (primary N) is 1. The van der Waals surface area contributed by atoms with Crippen LogP contribution in [-0.2, 0) is 9.31 Å². The van der Waals surface area contributed by atoms with Gasteiger partial charge < -0.3 is 9.31 Å². The Morgan fingerprint density at radius 3 is 2.19 bits per heavy atom. The van der Waals surface area contributed by atoms with Gasteiger partial charge in [0.1, 0.15) is 5.92 Å². The van der Waals surface area contributed by atoms with E-state index >= 15 is 0 Å². The molecular formula is C16H23BF3N5O2. The Morgan fingerprint density at radius 1 is 1.15 bits per heavy atom. The van der Waals surface area contributed by atoms with Crippen molar-refractivity contribution in [1.82, 2.24) is 10.5 Å². The minimum atomic E-state index is -4.69. The average molecular weight is 385 g/mol. The summed E-state index contributed by atoms with van der Waals surface area (Å²) < 4.78 is 54.1. The standard InChI is InChI=1S/C16H23BF3N5O2/c1-13(2)14(3,4)27-17(26-13)11-9-7-6-8-10(11)12(15(18,19)20)16(21)22-24-25(5)23-16/h6-9,12,23H,21H2,1-5H3. The Hall–Kier alpha value is -1.69. The van der Waals surface area contributed by atoms with E-state index in [1.165, 1.54) is 19.2 Å². The normalized spacial score (nSPS) is 28.0. The van der Waals surface area contributed by atoms with Gasteiger partial charge in [-0.3, -0.25) is 5.73 Å². The smallest absolute Gasteiger partial charge is 0.399 e. The van der Waals surface area contributed by atoms with Crippen LogP contribution in [0.5, 0.6) is 0 Å². The van der Waals surface area contributed by atoms with Gasteiger partial charge in [-0.25, -0.2) is 5.12 Å². The molecule has 3 N–H and O–H groups in total. The van der Waals surface area contributed by atoms with Gasteiger partial charge in [-0.15, -0.1) is 5.11 Å². The molecule has 1 fully saturated rings. The highest BCUT2D eigenvalue weighted by atomic mass is 19.4. The molecule has 1 aromatic rings. The predicted molar refractivity (Wildman–Crippen MR) is 93.6 cm³/mol. The van der Waals surface area contributed by atoms with E-state index in [-0.39, 0.29) is 11.0 Å². The third-order valence-electron chi connectivity index (χ3n) is 5.27. The van der Waals surface area contributed by atoms with Gasteiger partial charge in [-0.2, -0.15) is 18.6 Å². The second kappa shape index (κ2) is 6.16. The maximum atomic E-state index is 14.1. The van der Waals surface area contributed by atoms with Gasteiger partial charge in [0.2, 0.25) is 5.79 Å². The predicted octanol–water partition coefficient (Wildman–Crippen LogP) is 2.06. The molecule has 2 atom stereocenters. The fourth-order valence-electron chi connectivity index (χ4n) is 3.19. The number of hydrogen-bond acceptors (Lipinski definition) is 7. The summed E-state index contributed by atoms with van der Waals surface area (Å²) in [5, 5.41) is 8.27. The summed E-state index contributed by atoms with van der Waals surface area (Å²) in [6.45, 7) is 7.35. The van der Waals surface area contributed by atoms with Crippen molar-refractivity contribution < 1.29 is 22.5 Å². The zero-order chi connectivity index (χ0) is 20.3. The zero-order valence-electron chi connectivity index (χ0n) is 15.8. The first-order chi connectivity index (χ1) is 12.3. The molecule has 2 aliphatic heterocycles. The number of rotatable bonds is 3. The molecule has 11 heteroatoms. The van der Waals surface area contributed by atoms with Crippen molar-refractivity contribution in [2.45, 2.75) is 56.8 Å². The molecule has 2 heterocycles. The molecule has 0 aliphatic carbocycles. The van der Waals surface area contributed by atoms with Gasteiger partial charge in [0.05, 0.1) is 11.2 Å². The molecule has 148 valence electrons. The van der Waals surface area contributed by atoms with Crippen LogP contribution in [0.15, 0.2) is 34.6 Å². The number of nitrogens with one attached hydrogen (secondary N) is 1. The Labute approximate surface area is 156 Å². The molecule has 1 saturated heterocycles. The first kappa shape index (κ1) is 20.1. The summed E-state index contributed by atoms with van der Waals surface area (Å²) in [6.07, 6.45) is -4.69. The van der Waals surface area contributed by atoms with Crippen LogP contribution < -0.4 is 16.6 Å². The fraction of sp³-hybridized carbons (Fsp3) is 0.625. The molecule has 2 aliphatic rings. The van der Waals surface area contributed by atoms with Crippen LogP contribution in [-0.4, -0.2) is 42.4 Å². The lowest BCUT2D eigenvalue weighted by atomic mass is 9.71. The monoisotopic (exact) mass is 385 g/mol. The zero-order valence-corrected chi connectivity index (χ0v) is 15.8. The summed E-state index contributed by atoms with van der Waals surface area (Å²) in [6, 6.07) is 6.07. The van der Waals surface area contributed by atoms with Crippen molar-refractivity contribution in [2.24, 2.45) is 16.1 Å². The maximum absolute atomic E-state index is 14.1. The lowest BCUT2D eigenvalue weighted by Crippen LogP contribution is -2.61. The highest BCUT2D eigenvalue weighted by molar-refractivity contribution is 6.62. The van der Waals surface area contributed by atoms with E-state index in [0.29, 0.717) is 0 Å². The summed E-state index contributed by atoms with van der Waals surface area (Å²) in [7, 11) is 0.460. The molecule has 2 unspecified atom stereocenters. The summed E-state index contributed by atoms with van der Waals surface area (Å²) >= 11 is 0. The Kier molecular flexibility index (Phi) is 4.58. The Bertz CT molecular complexity index is 742. The highest BCUT2D eigenvalue weighted by Crippen LogP contribution is 2.43. The van der Waals surface area contributed by atoms with Crippen LogP contribution in [0.4, 0.5) is 13.2 Å². The van der Waals surface area contributed by atoms with Gasteiger partial charge in [0.15, 0.2) is 0 Å². The van der Waals surface area contributed by atoms with Crippen LogP contribution in [0, 0.1) is 0 Å². The molecule has 27 heavy (non-hydrogen) atoms. The van der Waals surface area contributed by atoms with Crippen LogP contribution in [0.1, 0.15) is 39.2 Å². The third kappa shape index (κ3) is 3.44. The second-order valence-corrected chi connectivity index (χ2v) is 7.84. The number of alkyl halides is 3. The van der Waals surface area contributed by atoms with Crippen molar-refractivity contribution in [3.63, 3.8) is 0 Å². The minimum absolute atomic E-state index is 0.0762. The van der Waals surface area contributed by atoms with Gasteiger partial charge in [-0.05, 0) is 38.7 Å². The topological polar surface area (TPSA) is 84.5 Å². The molecule has 0 bridgehead atoms. The quantitative estimate of drug-likeness (QED) is 0.779. The second-order valence-electron chi connectivity index (χ2n) is 7.84. The van der Waals surface area contributed by atoms with E-state index in [1.807, 2.05) is 27.7 Å². The molecule has 3 rings (SSSR count). The molecule has 1 aromatic carbocycles. The van der Waals surface area contributed by atoms with E-state index in [2.05, 4.69) is 15.8 Å². The van der Waals surface area contributed by atoms with E-state index in [9.17, 15) is 13.2 Å². The van der Waals surface area contributed by atoms with Gasteiger partial charge in [-0.1, -0.05) is 29.5 Å². The van der Waals surface area contributed by atoms with E-state index in [0.717, 1.165) is 5.12 Å². The Morgan fingerprint density at radius 2 is 1.70 bits per heavy atom. The number of halogens is 3. The third-order valence-corrected chi connectivity index (χ3v) is 5.27.